The summed E-state index contributed by atoms with van der Waals surface area (Å²) in [5.74, 6) is 0.0363. The number of nitrogens with two attached hydrogens (primary N) is 1. The second-order valence-electron chi connectivity index (χ2n) is 7.23. The molecule has 3 rings (SSSR count). The van der Waals surface area contributed by atoms with Gasteiger partial charge in [-0.15, -0.1) is 0 Å². The Morgan fingerprint density at radius 3 is 3.00 bits per heavy atom. The average Bonchev–Trinajstić information content (AvgIpc) is 2.79. The molecule has 2 fully saturated rings. The highest BCUT2D eigenvalue weighted by Gasteiger charge is 2.47. The van der Waals surface area contributed by atoms with Crippen LogP contribution in [0.5, 0.6) is 0 Å². The Morgan fingerprint density at radius 2 is 2.29 bits per heavy atom. The molecule has 2 aliphatic heterocycles. The molecule has 2 aliphatic rings. The maximum Gasteiger partial charge on any atom is 0.351 e. The molecular formula is C16H27N4O7P. The van der Waals surface area contributed by atoms with Gasteiger partial charge in [0.25, 0.3) is 0 Å². The Morgan fingerprint density at radius 1 is 1.50 bits per heavy atom. The van der Waals surface area contributed by atoms with E-state index in [1.807, 2.05) is 6.92 Å². The van der Waals surface area contributed by atoms with Gasteiger partial charge in [-0.2, -0.15) is 4.98 Å². The van der Waals surface area contributed by atoms with Crippen LogP contribution in [0.1, 0.15) is 38.8 Å². The van der Waals surface area contributed by atoms with Crippen molar-refractivity contribution in [1.29, 1.82) is 0 Å². The predicted molar refractivity (Wildman–Crippen MR) is 99.7 cm³/mol. The molecule has 3 heterocycles. The third-order valence-electron chi connectivity index (χ3n) is 5.07. The highest BCUT2D eigenvalue weighted by Crippen LogP contribution is 2.36. The Labute approximate surface area is 162 Å². The smallest absolute Gasteiger partial charge is 0.351 e. The van der Waals surface area contributed by atoms with Crippen molar-refractivity contribution in [3.8, 4) is 0 Å². The van der Waals surface area contributed by atoms with Crippen LogP contribution in [0.2, 0.25) is 0 Å². The number of nitrogen functional groups attached to an aromatic ring is 1. The fourth-order valence-corrected chi connectivity index (χ4v) is 4.08. The van der Waals surface area contributed by atoms with Gasteiger partial charge in [-0.3, -0.25) is 14.4 Å². The molecule has 2 saturated heterocycles. The maximum atomic E-state index is 12.1. The minimum absolute atomic E-state index is 0.00796. The van der Waals surface area contributed by atoms with Crippen molar-refractivity contribution < 1.29 is 28.6 Å². The summed E-state index contributed by atoms with van der Waals surface area (Å²) in [6.45, 7) is 2.76. The molecule has 0 spiro atoms. The largest absolute Gasteiger partial charge is 0.386 e. The molecular weight excluding hydrogens is 391 g/mol. The van der Waals surface area contributed by atoms with E-state index in [2.05, 4.69) is 10.3 Å². The lowest BCUT2D eigenvalue weighted by Crippen LogP contribution is -2.47. The van der Waals surface area contributed by atoms with E-state index >= 15 is 0 Å². The molecule has 158 valence electrons. The van der Waals surface area contributed by atoms with Crippen LogP contribution in [0, 0.1) is 0 Å². The summed E-state index contributed by atoms with van der Waals surface area (Å²) in [6.07, 6.45) is 0.820. The number of hydrogen-bond acceptors (Lipinski definition) is 9. The van der Waals surface area contributed by atoms with Crippen LogP contribution in [0.3, 0.4) is 0 Å². The van der Waals surface area contributed by atoms with Gasteiger partial charge >= 0.3 is 13.9 Å². The fraction of sp³-hybridized carbons (Fsp3) is 0.750. The van der Waals surface area contributed by atoms with Gasteiger partial charge in [-0.05, 0) is 38.8 Å². The van der Waals surface area contributed by atoms with Crippen molar-refractivity contribution in [3.63, 3.8) is 0 Å². The molecule has 28 heavy (non-hydrogen) atoms. The van der Waals surface area contributed by atoms with E-state index < -0.39 is 44.2 Å². The second kappa shape index (κ2) is 9.00. The Kier molecular flexibility index (Phi) is 6.87. The van der Waals surface area contributed by atoms with Crippen LogP contribution in [0.15, 0.2) is 17.1 Å². The summed E-state index contributed by atoms with van der Waals surface area (Å²) in [5, 5.41) is 13.9. The number of nitrogens with one attached hydrogen (secondary N) is 1. The fourth-order valence-electron chi connectivity index (χ4n) is 3.56. The maximum absolute atomic E-state index is 12.1. The zero-order valence-corrected chi connectivity index (χ0v) is 16.6. The van der Waals surface area contributed by atoms with Crippen molar-refractivity contribution in [2.24, 2.45) is 0 Å². The average molecular weight is 418 g/mol. The number of hydrogen-bond donors (Lipinski definition) is 4. The lowest BCUT2D eigenvalue weighted by molar-refractivity contribution is -0.123. The van der Waals surface area contributed by atoms with Gasteiger partial charge in [-0.25, -0.2) is 4.79 Å². The number of rotatable bonds is 6. The summed E-state index contributed by atoms with van der Waals surface area (Å²) in [7, 11) is -3.35. The van der Waals surface area contributed by atoms with Crippen molar-refractivity contribution in [1.82, 2.24) is 14.9 Å². The molecule has 0 bridgehead atoms. The number of aromatic nitrogens is 2. The molecule has 1 aromatic heterocycles. The zero-order chi connectivity index (χ0) is 20.3. The standard InChI is InChI=1S/C16H27N4O7P/c1-16(6-3-2-4-7-18-16)25-9-10-13(27-28(23)24)12(21)14(26-10)20-8-5-11(17)19-15(20)22/h5,8,10,12-14,18,21,28H,2-4,6-7,9H2,1H3,(H,23,24)(H2,17,19,22)/t10-,12-,13-,14-,16?/m1/s1. The Bertz CT molecular complexity index is 753. The monoisotopic (exact) mass is 418 g/mol. The molecule has 6 atom stereocenters. The number of nitrogens with zero attached hydrogens (tertiary/aromatic N) is 2. The van der Waals surface area contributed by atoms with E-state index in [1.165, 1.54) is 12.3 Å². The molecule has 0 aliphatic carbocycles. The van der Waals surface area contributed by atoms with Crippen LogP contribution >= 0.6 is 8.25 Å². The van der Waals surface area contributed by atoms with Gasteiger partial charge < -0.3 is 29.7 Å². The predicted octanol–water partition coefficient (Wildman–Crippen LogP) is -0.253. The first-order valence-electron chi connectivity index (χ1n) is 9.26. The SMILES string of the molecule is CC1(OC[C@H]2O[C@@H](n3ccc(N)nc3=O)[C@H](O)[C@@H]2O[PH](=O)O)CCCCCN1. The van der Waals surface area contributed by atoms with Crippen LogP contribution in [-0.2, 0) is 18.6 Å². The Balaban J connectivity index is 1.76. The van der Waals surface area contributed by atoms with Gasteiger partial charge in [-0.1, -0.05) is 6.42 Å². The zero-order valence-electron chi connectivity index (χ0n) is 15.6. The van der Waals surface area contributed by atoms with Gasteiger partial charge in [0.15, 0.2) is 6.23 Å². The van der Waals surface area contributed by atoms with Crippen molar-refractivity contribution in [2.75, 3.05) is 18.9 Å². The number of aliphatic hydroxyl groups is 1. The summed E-state index contributed by atoms with van der Waals surface area (Å²) < 4.78 is 29.1. The van der Waals surface area contributed by atoms with Crippen LogP contribution in [0.4, 0.5) is 5.82 Å². The van der Waals surface area contributed by atoms with Gasteiger partial charge in [0.1, 0.15) is 29.9 Å². The molecule has 2 unspecified atom stereocenters. The lowest BCUT2D eigenvalue weighted by atomic mass is 10.1. The van der Waals surface area contributed by atoms with E-state index in [-0.39, 0.29) is 12.4 Å². The van der Waals surface area contributed by atoms with Crippen LogP contribution < -0.4 is 16.7 Å². The number of ether oxygens (including phenoxy) is 2. The molecule has 0 saturated carbocycles. The number of anilines is 1. The summed E-state index contributed by atoms with van der Waals surface area (Å²) >= 11 is 0. The molecule has 5 N–H and O–H groups in total. The molecule has 0 radical (unpaired) electrons. The van der Waals surface area contributed by atoms with E-state index in [1.54, 1.807) is 0 Å². The number of aliphatic hydroxyl groups excluding tert-OH is 1. The summed E-state index contributed by atoms with van der Waals surface area (Å²) in [5.41, 5.74) is 4.21. The van der Waals surface area contributed by atoms with E-state index in [9.17, 15) is 19.4 Å². The third-order valence-corrected chi connectivity index (χ3v) is 5.54. The van der Waals surface area contributed by atoms with Gasteiger partial charge in [0.05, 0.1) is 6.61 Å². The highest BCUT2D eigenvalue weighted by atomic mass is 31.1. The quantitative estimate of drug-likeness (QED) is 0.454. The third kappa shape index (κ3) is 4.98. The molecule has 1 aromatic rings. The summed E-state index contributed by atoms with van der Waals surface area (Å²) in [6, 6.07) is 1.39. The highest BCUT2D eigenvalue weighted by molar-refractivity contribution is 7.32. The van der Waals surface area contributed by atoms with Crippen molar-refractivity contribution in [2.45, 2.75) is 62.9 Å². The lowest BCUT2D eigenvalue weighted by Gasteiger charge is -2.31. The van der Waals surface area contributed by atoms with Gasteiger partial charge in [0, 0.05) is 6.20 Å². The Hall–Kier alpha value is -1.33. The summed E-state index contributed by atoms with van der Waals surface area (Å²) in [4.78, 5) is 24.9. The molecule has 0 amide bonds. The van der Waals surface area contributed by atoms with E-state index in [0.717, 1.165) is 36.8 Å². The normalized spacial score (nSPS) is 34.8. The molecule has 12 heteroatoms. The molecule has 0 aromatic carbocycles. The topological polar surface area (TPSA) is 158 Å². The van der Waals surface area contributed by atoms with E-state index in [4.69, 9.17) is 19.7 Å². The van der Waals surface area contributed by atoms with Crippen molar-refractivity contribution >= 4 is 14.1 Å². The van der Waals surface area contributed by atoms with Gasteiger partial charge in [0.2, 0.25) is 0 Å². The second-order valence-corrected chi connectivity index (χ2v) is 7.99. The van der Waals surface area contributed by atoms with Crippen molar-refractivity contribution in [3.05, 3.63) is 22.7 Å². The first-order valence-corrected chi connectivity index (χ1v) is 10.5. The molecule has 11 nitrogen and oxygen atoms in total. The van der Waals surface area contributed by atoms with E-state index in [0.29, 0.717) is 0 Å². The first-order chi connectivity index (χ1) is 13.3. The van der Waals surface area contributed by atoms with Crippen LogP contribution in [-0.4, -0.2) is 56.7 Å². The minimum atomic E-state index is -3.35. The van der Waals surface area contributed by atoms with Crippen LogP contribution in [0.25, 0.3) is 0 Å². The minimum Gasteiger partial charge on any atom is -0.386 e. The first kappa shape index (κ1) is 21.4.